The standard InChI is InChI=1S/C5H12N2O2.Na.H/c1-2-7(4-3-6)5(8)9;;/h2-4,6H2,1H3,(H,8,9);;. The van der Waals surface area contributed by atoms with Crippen LogP contribution in [-0.2, 0) is 0 Å². The Morgan fingerprint density at radius 2 is 2.20 bits per heavy atom. The molecule has 56 valence electrons. The number of amides is 1. The molecule has 0 bridgehead atoms. The van der Waals surface area contributed by atoms with E-state index in [-0.39, 0.29) is 29.6 Å². The van der Waals surface area contributed by atoms with Gasteiger partial charge in [0.15, 0.2) is 0 Å². The first-order chi connectivity index (χ1) is 4.22. The Morgan fingerprint density at radius 1 is 1.70 bits per heavy atom. The van der Waals surface area contributed by atoms with E-state index in [1.165, 1.54) is 4.90 Å². The van der Waals surface area contributed by atoms with Crippen molar-refractivity contribution >= 4 is 35.7 Å². The predicted molar refractivity (Wildman–Crippen MR) is 41.5 cm³/mol. The van der Waals surface area contributed by atoms with E-state index in [0.717, 1.165) is 0 Å². The summed E-state index contributed by atoms with van der Waals surface area (Å²) in [5.74, 6) is 0. The third kappa shape index (κ3) is 5.05. The zero-order chi connectivity index (χ0) is 7.28. The zero-order valence-corrected chi connectivity index (χ0v) is 5.50. The van der Waals surface area contributed by atoms with Gasteiger partial charge in [-0.2, -0.15) is 0 Å². The first-order valence-electron chi connectivity index (χ1n) is 2.90. The quantitative estimate of drug-likeness (QED) is 0.531. The summed E-state index contributed by atoms with van der Waals surface area (Å²) in [6.07, 6.45) is -0.900. The van der Waals surface area contributed by atoms with E-state index >= 15 is 0 Å². The summed E-state index contributed by atoms with van der Waals surface area (Å²) in [4.78, 5) is 11.5. The SMILES string of the molecule is CCN(CCN)C(=O)O.[NaH]. The van der Waals surface area contributed by atoms with E-state index in [2.05, 4.69) is 0 Å². The van der Waals surface area contributed by atoms with Crippen LogP contribution in [0.2, 0.25) is 0 Å². The Hall–Kier alpha value is 0.230. The fraction of sp³-hybridized carbons (Fsp3) is 0.800. The number of nitrogens with zero attached hydrogens (tertiary/aromatic N) is 1. The molecular formula is C5H13N2NaO2. The van der Waals surface area contributed by atoms with E-state index in [1.807, 2.05) is 0 Å². The zero-order valence-electron chi connectivity index (χ0n) is 5.50. The molecule has 0 aromatic carbocycles. The van der Waals surface area contributed by atoms with Gasteiger partial charge < -0.3 is 15.7 Å². The van der Waals surface area contributed by atoms with Crippen LogP contribution in [0.3, 0.4) is 0 Å². The topological polar surface area (TPSA) is 66.6 Å². The maximum absolute atomic E-state index is 10.2. The minimum atomic E-state index is -0.900. The van der Waals surface area contributed by atoms with Gasteiger partial charge in [-0.25, -0.2) is 4.79 Å². The molecule has 4 nitrogen and oxygen atoms in total. The van der Waals surface area contributed by atoms with Crippen molar-refractivity contribution in [2.75, 3.05) is 19.6 Å². The molecular weight excluding hydrogens is 143 g/mol. The van der Waals surface area contributed by atoms with Crippen molar-refractivity contribution < 1.29 is 9.90 Å². The average molecular weight is 156 g/mol. The second-order valence-electron chi connectivity index (χ2n) is 1.65. The first-order valence-corrected chi connectivity index (χ1v) is 2.90. The fourth-order valence-electron chi connectivity index (χ4n) is 0.545. The van der Waals surface area contributed by atoms with Crippen LogP contribution in [0, 0.1) is 0 Å². The minimum absolute atomic E-state index is 0. The van der Waals surface area contributed by atoms with Crippen molar-refractivity contribution in [2.45, 2.75) is 6.92 Å². The Balaban J connectivity index is 0. The molecule has 0 heterocycles. The molecule has 0 aromatic rings. The van der Waals surface area contributed by atoms with Crippen molar-refractivity contribution in [1.29, 1.82) is 0 Å². The predicted octanol–water partition coefficient (Wildman–Crippen LogP) is -0.703. The molecule has 0 fully saturated rings. The molecule has 0 aliphatic heterocycles. The average Bonchev–Trinajstić information content (AvgIpc) is 1.82. The third-order valence-corrected chi connectivity index (χ3v) is 1.05. The second-order valence-corrected chi connectivity index (χ2v) is 1.65. The number of carboxylic acid groups (broad SMARTS) is 1. The van der Waals surface area contributed by atoms with Crippen LogP contribution in [0.1, 0.15) is 6.92 Å². The molecule has 5 heteroatoms. The van der Waals surface area contributed by atoms with Crippen molar-refractivity contribution in [2.24, 2.45) is 5.73 Å². The van der Waals surface area contributed by atoms with Gasteiger partial charge in [0.1, 0.15) is 0 Å². The molecule has 1 amide bonds. The number of rotatable bonds is 3. The molecule has 10 heavy (non-hydrogen) atoms. The van der Waals surface area contributed by atoms with Gasteiger partial charge in [-0.1, -0.05) is 0 Å². The maximum atomic E-state index is 10.2. The number of hydrogen-bond donors (Lipinski definition) is 2. The Labute approximate surface area is 82.7 Å². The van der Waals surface area contributed by atoms with E-state index in [1.54, 1.807) is 6.92 Å². The van der Waals surface area contributed by atoms with Gasteiger partial charge in [0.05, 0.1) is 0 Å². The van der Waals surface area contributed by atoms with Gasteiger partial charge in [0.2, 0.25) is 0 Å². The molecule has 0 saturated carbocycles. The summed E-state index contributed by atoms with van der Waals surface area (Å²) in [6, 6.07) is 0. The van der Waals surface area contributed by atoms with Crippen LogP contribution in [0.4, 0.5) is 4.79 Å². The van der Waals surface area contributed by atoms with Gasteiger partial charge in [0, 0.05) is 19.6 Å². The fourth-order valence-corrected chi connectivity index (χ4v) is 0.545. The van der Waals surface area contributed by atoms with E-state index in [4.69, 9.17) is 10.8 Å². The van der Waals surface area contributed by atoms with Crippen LogP contribution < -0.4 is 5.73 Å². The number of likely N-dealkylation sites (N-methyl/N-ethyl adjacent to an activating group) is 1. The summed E-state index contributed by atoms with van der Waals surface area (Å²) in [7, 11) is 0. The normalized spacial score (nSPS) is 8.20. The summed E-state index contributed by atoms with van der Waals surface area (Å²) < 4.78 is 0. The van der Waals surface area contributed by atoms with Crippen LogP contribution in [0.15, 0.2) is 0 Å². The van der Waals surface area contributed by atoms with Crippen LogP contribution in [-0.4, -0.2) is 65.3 Å². The molecule has 0 radical (unpaired) electrons. The Kier molecular flexibility index (Phi) is 9.44. The third-order valence-electron chi connectivity index (χ3n) is 1.05. The van der Waals surface area contributed by atoms with Crippen molar-refractivity contribution in [1.82, 2.24) is 4.90 Å². The Bertz CT molecular complexity index is 99.6. The van der Waals surface area contributed by atoms with Crippen molar-refractivity contribution in [3.05, 3.63) is 0 Å². The summed E-state index contributed by atoms with van der Waals surface area (Å²) in [5, 5.41) is 8.37. The van der Waals surface area contributed by atoms with E-state index in [0.29, 0.717) is 19.6 Å². The van der Waals surface area contributed by atoms with E-state index in [9.17, 15) is 4.79 Å². The first kappa shape index (κ1) is 12.9. The molecule has 0 aliphatic rings. The molecule has 0 saturated heterocycles. The molecule has 3 N–H and O–H groups in total. The van der Waals surface area contributed by atoms with Gasteiger partial charge in [-0.15, -0.1) is 0 Å². The second kappa shape index (κ2) is 7.34. The molecule has 0 atom stereocenters. The molecule has 0 unspecified atom stereocenters. The Morgan fingerprint density at radius 3 is 2.30 bits per heavy atom. The van der Waals surface area contributed by atoms with E-state index < -0.39 is 6.09 Å². The molecule has 0 rings (SSSR count). The molecule has 0 spiro atoms. The van der Waals surface area contributed by atoms with Crippen LogP contribution >= 0.6 is 0 Å². The van der Waals surface area contributed by atoms with Gasteiger partial charge in [0.25, 0.3) is 0 Å². The summed E-state index contributed by atoms with van der Waals surface area (Å²) in [6.45, 7) is 3.10. The van der Waals surface area contributed by atoms with Crippen molar-refractivity contribution in [3.63, 3.8) is 0 Å². The number of nitrogens with two attached hydrogens (primary N) is 1. The number of hydrogen-bond acceptors (Lipinski definition) is 2. The molecule has 0 aliphatic carbocycles. The van der Waals surface area contributed by atoms with Crippen LogP contribution in [0.5, 0.6) is 0 Å². The monoisotopic (exact) mass is 156 g/mol. The van der Waals surface area contributed by atoms with Gasteiger partial charge in [-0.3, -0.25) is 0 Å². The van der Waals surface area contributed by atoms with Crippen LogP contribution in [0.25, 0.3) is 0 Å². The summed E-state index contributed by atoms with van der Waals surface area (Å²) >= 11 is 0. The number of carbonyl (C=O) groups is 1. The van der Waals surface area contributed by atoms with Crippen molar-refractivity contribution in [3.8, 4) is 0 Å². The van der Waals surface area contributed by atoms with Gasteiger partial charge in [-0.05, 0) is 6.92 Å². The van der Waals surface area contributed by atoms with Gasteiger partial charge >= 0.3 is 35.7 Å². The molecule has 0 aromatic heterocycles. The summed E-state index contributed by atoms with van der Waals surface area (Å²) in [5.41, 5.74) is 5.14.